The Morgan fingerprint density at radius 2 is 1.57 bits per heavy atom. The Balaban J connectivity index is 2.20. The molecule has 0 amide bonds. The van der Waals surface area contributed by atoms with Crippen molar-refractivity contribution in [3.05, 3.63) is 77.0 Å². The third-order valence-corrected chi connectivity index (χ3v) is 4.19. The molecule has 0 bridgehead atoms. The first-order chi connectivity index (χ1) is 10.2. The number of hydrogen-bond donors (Lipinski definition) is 0. The zero-order valence-electron chi connectivity index (χ0n) is 11.1. The molecule has 0 fully saturated rings. The van der Waals surface area contributed by atoms with Crippen LogP contribution in [0.1, 0.15) is 0 Å². The van der Waals surface area contributed by atoms with Gasteiger partial charge in [0.1, 0.15) is 5.82 Å². The van der Waals surface area contributed by atoms with Crippen LogP contribution in [0.3, 0.4) is 0 Å². The molecular weight excluding hydrogens is 329 g/mol. The van der Waals surface area contributed by atoms with Gasteiger partial charge < -0.3 is 4.57 Å². The van der Waals surface area contributed by atoms with Crippen molar-refractivity contribution in [2.45, 2.75) is 0 Å². The van der Waals surface area contributed by atoms with Gasteiger partial charge in [0.15, 0.2) is 0 Å². The van der Waals surface area contributed by atoms with Crippen molar-refractivity contribution in [2.75, 3.05) is 0 Å². The second-order valence-electron chi connectivity index (χ2n) is 4.99. The molecule has 1 nitrogen and oxygen atoms in total. The number of nitrogens with zero attached hydrogens (tertiary/aromatic N) is 1. The van der Waals surface area contributed by atoms with Crippen LogP contribution in [0.4, 0.5) is 4.39 Å². The molecule has 0 N–H and O–H groups in total. The second-order valence-corrected chi connectivity index (χ2v) is 5.91. The Kier molecular flexibility index (Phi) is 2.82. The molecule has 102 valence electrons. The van der Waals surface area contributed by atoms with E-state index in [1.54, 1.807) is 12.1 Å². The molecule has 4 aromatic rings. The second kappa shape index (κ2) is 4.71. The maximum Gasteiger partial charge on any atom is 0.125 e. The Morgan fingerprint density at radius 3 is 2.43 bits per heavy atom. The first kappa shape index (κ1) is 12.6. The fourth-order valence-electron chi connectivity index (χ4n) is 2.84. The van der Waals surface area contributed by atoms with Gasteiger partial charge in [0.2, 0.25) is 0 Å². The van der Waals surface area contributed by atoms with E-state index in [1.165, 1.54) is 6.07 Å². The maximum atomic E-state index is 13.6. The van der Waals surface area contributed by atoms with Crippen molar-refractivity contribution in [2.24, 2.45) is 0 Å². The van der Waals surface area contributed by atoms with Gasteiger partial charge in [-0.05, 0) is 42.5 Å². The molecule has 1 aromatic heterocycles. The number of rotatable bonds is 1. The predicted octanol–water partition coefficient (Wildman–Crippen LogP) is 5.69. The number of hydrogen-bond acceptors (Lipinski definition) is 0. The average Bonchev–Trinajstić information content (AvgIpc) is 2.81. The molecule has 21 heavy (non-hydrogen) atoms. The van der Waals surface area contributed by atoms with E-state index in [-0.39, 0.29) is 5.82 Å². The van der Waals surface area contributed by atoms with E-state index in [0.717, 1.165) is 32.0 Å². The summed E-state index contributed by atoms with van der Waals surface area (Å²) in [6.07, 6.45) is 0. The van der Waals surface area contributed by atoms with Gasteiger partial charge in [0.05, 0.1) is 11.0 Å². The predicted molar refractivity (Wildman–Crippen MR) is 88.4 cm³/mol. The van der Waals surface area contributed by atoms with E-state index in [9.17, 15) is 4.39 Å². The van der Waals surface area contributed by atoms with Crippen LogP contribution in [-0.2, 0) is 0 Å². The lowest BCUT2D eigenvalue weighted by Crippen LogP contribution is -1.94. The van der Waals surface area contributed by atoms with E-state index in [1.807, 2.05) is 24.3 Å². The number of para-hydroxylation sites is 1. The van der Waals surface area contributed by atoms with Crippen LogP contribution >= 0.6 is 15.9 Å². The zero-order valence-corrected chi connectivity index (χ0v) is 12.6. The summed E-state index contributed by atoms with van der Waals surface area (Å²) >= 11 is 3.53. The van der Waals surface area contributed by atoms with Crippen LogP contribution in [0.15, 0.2) is 71.2 Å². The van der Waals surface area contributed by atoms with Crippen molar-refractivity contribution >= 4 is 37.7 Å². The van der Waals surface area contributed by atoms with Crippen molar-refractivity contribution in [3.63, 3.8) is 0 Å². The van der Waals surface area contributed by atoms with Gasteiger partial charge in [-0.1, -0.05) is 40.2 Å². The van der Waals surface area contributed by atoms with Gasteiger partial charge in [-0.3, -0.25) is 0 Å². The molecule has 0 aliphatic carbocycles. The summed E-state index contributed by atoms with van der Waals surface area (Å²) in [5.41, 5.74) is 2.99. The van der Waals surface area contributed by atoms with Crippen LogP contribution < -0.4 is 0 Å². The molecule has 3 aromatic carbocycles. The summed E-state index contributed by atoms with van der Waals surface area (Å²) < 4.78 is 16.7. The summed E-state index contributed by atoms with van der Waals surface area (Å²) in [5.74, 6) is -0.226. The van der Waals surface area contributed by atoms with E-state index < -0.39 is 0 Å². The topological polar surface area (TPSA) is 4.93 Å². The van der Waals surface area contributed by atoms with Crippen LogP contribution in [0.5, 0.6) is 0 Å². The first-order valence-corrected chi connectivity index (χ1v) is 7.48. The van der Waals surface area contributed by atoms with Gasteiger partial charge in [0, 0.05) is 20.9 Å². The molecule has 1 heterocycles. The lowest BCUT2D eigenvalue weighted by molar-refractivity contribution is 0.627. The average molecular weight is 340 g/mol. The summed E-state index contributed by atoms with van der Waals surface area (Å²) in [6.45, 7) is 0. The Hall–Kier alpha value is -2.13. The van der Waals surface area contributed by atoms with E-state index in [2.05, 4.69) is 44.8 Å². The van der Waals surface area contributed by atoms with Crippen molar-refractivity contribution in [3.8, 4) is 5.69 Å². The first-order valence-electron chi connectivity index (χ1n) is 6.69. The van der Waals surface area contributed by atoms with E-state index in [4.69, 9.17) is 0 Å². The lowest BCUT2D eigenvalue weighted by atomic mass is 10.2. The quantitative estimate of drug-likeness (QED) is 0.420. The summed E-state index contributed by atoms with van der Waals surface area (Å²) in [5, 5.41) is 2.32. The number of fused-ring (bicyclic) bond motifs is 3. The molecule has 0 aliphatic heterocycles. The van der Waals surface area contributed by atoms with Gasteiger partial charge in [-0.15, -0.1) is 0 Å². The largest absolute Gasteiger partial charge is 0.309 e. The molecule has 0 saturated heterocycles. The number of halogens is 2. The van der Waals surface area contributed by atoms with Crippen molar-refractivity contribution < 1.29 is 4.39 Å². The molecule has 0 saturated carbocycles. The van der Waals surface area contributed by atoms with Crippen molar-refractivity contribution in [1.82, 2.24) is 4.57 Å². The zero-order chi connectivity index (χ0) is 14.4. The molecule has 3 heteroatoms. The highest BCUT2D eigenvalue weighted by Crippen LogP contribution is 2.33. The highest BCUT2D eigenvalue weighted by atomic mass is 79.9. The normalized spacial score (nSPS) is 11.3. The maximum absolute atomic E-state index is 13.6. The standard InChI is InChI=1S/C18H11BrFN/c19-12-8-9-18-16(10-12)15-6-1-2-7-17(15)21(18)14-5-3-4-13(20)11-14/h1-11H. The minimum absolute atomic E-state index is 0.226. The van der Waals surface area contributed by atoms with E-state index >= 15 is 0 Å². The summed E-state index contributed by atoms with van der Waals surface area (Å²) in [7, 11) is 0. The summed E-state index contributed by atoms with van der Waals surface area (Å²) in [6, 6.07) is 21.1. The van der Waals surface area contributed by atoms with Crippen LogP contribution in [-0.4, -0.2) is 4.57 Å². The monoisotopic (exact) mass is 339 g/mol. The third kappa shape index (κ3) is 1.96. The number of benzene rings is 3. The van der Waals surface area contributed by atoms with Gasteiger partial charge >= 0.3 is 0 Å². The smallest absolute Gasteiger partial charge is 0.125 e. The Labute approximate surface area is 129 Å². The third-order valence-electron chi connectivity index (χ3n) is 3.70. The minimum Gasteiger partial charge on any atom is -0.309 e. The number of aromatic nitrogens is 1. The highest BCUT2D eigenvalue weighted by Gasteiger charge is 2.12. The van der Waals surface area contributed by atoms with Crippen LogP contribution in [0.2, 0.25) is 0 Å². The highest BCUT2D eigenvalue weighted by molar-refractivity contribution is 9.10. The fraction of sp³-hybridized carbons (Fsp3) is 0. The lowest BCUT2D eigenvalue weighted by Gasteiger charge is -2.07. The van der Waals surface area contributed by atoms with E-state index in [0.29, 0.717) is 0 Å². The Bertz CT molecular complexity index is 971. The summed E-state index contributed by atoms with van der Waals surface area (Å²) in [4.78, 5) is 0. The van der Waals surface area contributed by atoms with Crippen LogP contribution in [0, 0.1) is 5.82 Å². The molecule has 0 spiro atoms. The molecule has 4 rings (SSSR count). The fourth-order valence-corrected chi connectivity index (χ4v) is 3.20. The van der Waals surface area contributed by atoms with Gasteiger partial charge in [0.25, 0.3) is 0 Å². The molecule has 0 radical (unpaired) electrons. The van der Waals surface area contributed by atoms with Crippen LogP contribution in [0.25, 0.3) is 27.5 Å². The van der Waals surface area contributed by atoms with Crippen molar-refractivity contribution in [1.29, 1.82) is 0 Å². The molecular formula is C18H11BrFN. The van der Waals surface area contributed by atoms with Gasteiger partial charge in [-0.2, -0.15) is 0 Å². The SMILES string of the molecule is Fc1cccc(-n2c3ccccc3c3cc(Br)ccc32)c1. The molecule has 0 atom stereocenters. The van der Waals surface area contributed by atoms with Gasteiger partial charge in [-0.25, -0.2) is 4.39 Å². The molecule has 0 aliphatic rings. The minimum atomic E-state index is -0.226. The Morgan fingerprint density at radius 1 is 0.762 bits per heavy atom. The molecule has 0 unspecified atom stereocenters.